The van der Waals surface area contributed by atoms with E-state index in [1.807, 2.05) is 6.92 Å². The van der Waals surface area contributed by atoms with Crippen LogP contribution in [0.1, 0.15) is 37.3 Å². The largest absolute Gasteiger partial charge is 0.354 e. The second-order valence-corrected chi connectivity index (χ2v) is 9.45. The van der Waals surface area contributed by atoms with E-state index >= 15 is 0 Å². The summed E-state index contributed by atoms with van der Waals surface area (Å²) in [5.74, 6) is 0.864. The minimum Gasteiger partial charge on any atom is -0.354 e. The number of nitrogens with zero attached hydrogens (tertiary/aromatic N) is 2. The molecule has 0 aliphatic carbocycles. The van der Waals surface area contributed by atoms with Gasteiger partial charge in [-0.25, -0.2) is 8.42 Å². The monoisotopic (exact) mass is 380 g/mol. The molecule has 1 aliphatic rings. The van der Waals surface area contributed by atoms with Gasteiger partial charge in [-0.05, 0) is 50.4 Å². The summed E-state index contributed by atoms with van der Waals surface area (Å²) in [6.45, 7) is 6.11. The molecule has 1 unspecified atom stereocenters. The van der Waals surface area contributed by atoms with Crippen LogP contribution in [0.3, 0.4) is 0 Å². The number of likely N-dealkylation sites (tertiary alicyclic amines) is 1. The Balaban J connectivity index is 1.76. The van der Waals surface area contributed by atoms with Crippen LogP contribution in [0.15, 0.2) is 29.3 Å². The van der Waals surface area contributed by atoms with E-state index in [-0.39, 0.29) is 11.8 Å². The Morgan fingerprint density at radius 2 is 1.81 bits per heavy atom. The molecule has 0 spiro atoms. The second-order valence-electron chi connectivity index (χ2n) is 7.19. The Labute approximate surface area is 158 Å². The molecule has 1 atom stereocenters. The lowest BCUT2D eigenvalue weighted by molar-refractivity contribution is 0.331. The lowest BCUT2D eigenvalue weighted by Gasteiger charge is -2.18. The molecule has 7 heteroatoms. The lowest BCUT2D eigenvalue weighted by Crippen LogP contribution is -2.42. The molecular formula is C19H32N4O2S. The van der Waals surface area contributed by atoms with Crippen molar-refractivity contribution >= 4 is 15.8 Å². The SMILES string of the molecule is CN=C(NCc1ccc(CN2CCCC2)cc1)NC(C)CCS(C)(=O)=O. The summed E-state index contributed by atoms with van der Waals surface area (Å²) in [5.41, 5.74) is 2.55. The molecule has 0 radical (unpaired) electrons. The molecule has 26 heavy (non-hydrogen) atoms. The van der Waals surface area contributed by atoms with E-state index in [1.165, 1.54) is 43.3 Å². The molecule has 0 saturated carbocycles. The Kier molecular flexibility index (Phi) is 7.90. The Morgan fingerprint density at radius 3 is 2.38 bits per heavy atom. The van der Waals surface area contributed by atoms with Gasteiger partial charge in [0.2, 0.25) is 0 Å². The third kappa shape index (κ3) is 7.74. The van der Waals surface area contributed by atoms with Crippen LogP contribution >= 0.6 is 0 Å². The topological polar surface area (TPSA) is 73.8 Å². The zero-order chi connectivity index (χ0) is 19.0. The van der Waals surface area contributed by atoms with Crippen LogP contribution in [0.4, 0.5) is 0 Å². The highest BCUT2D eigenvalue weighted by Crippen LogP contribution is 2.13. The third-order valence-electron chi connectivity index (χ3n) is 4.62. The molecule has 1 aromatic carbocycles. The summed E-state index contributed by atoms with van der Waals surface area (Å²) < 4.78 is 22.5. The standard InChI is InChI=1S/C19H32N4O2S/c1-16(10-13-26(3,24)25)22-19(20-2)21-14-17-6-8-18(9-7-17)15-23-11-4-5-12-23/h6-9,16H,4-5,10-15H2,1-3H3,(H2,20,21,22). The van der Waals surface area contributed by atoms with Crippen LogP contribution in [0.25, 0.3) is 0 Å². The van der Waals surface area contributed by atoms with Crippen molar-refractivity contribution in [3.8, 4) is 0 Å². The first kappa shape index (κ1) is 20.7. The van der Waals surface area contributed by atoms with Crippen LogP contribution in [0.5, 0.6) is 0 Å². The van der Waals surface area contributed by atoms with E-state index in [4.69, 9.17) is 0 Å². The number of aliphatic imine (C=N–C) groups is 1. The number of sulfone groups is 1. The van der Waals surface area contributed by atoms with Gasteiger partial charge >= 0.3 is 0 Å². The first-order chi connectivity index (χ1) is 12.4. The van der Waals surface area contributed by atoms with Crippen LogP contribution in [-0.2, 0) is 22.9 Å². The summed E-state index contributed by atoms with van der Waals surface area (Å²) in [6, 6.07) is 8.73. The average Bonchev–Trinajstić information content (AvgIpc) is 3.10. The van der Waals surface area contributed by atoms with E-state index < -0.39 is 9.84 Å². The number of rotatable bonds is 8. The highest BCUT2D eigenvalue weighted by atomic mass is 32.2. The van der Waals surface area contributed by atoms with E-state index in [9.17, 15) is 8.42 Å². The van der Waals surface area contributed by atoms with Gasteiger partial charge in [-0.2, -0.15) is 0 Å². The summed E-state index contributed by atoms with van der Waals surface area (Å²) in [6.07, 6.45) is 4.46. The normalized spacial score (nSPS) is 17.3. The number of benzene rings is 1. The molecule has 0 aromatic heterocycles. The predicted octanol–water partition coefficient (Wildman–Crippen LogP) is 1.77. The van der Waals surface area contributed by atoms with Crippen LogP contribution < -0.4 is 10.6 Å². The fourth-order valence-corrected chi connectivity index (χ4v) is 3.82. The van der Waals surface area contributed by atoms with Crippen molar-refractivity contribution in [3.63, 3.8) is 0 Å². The van der Waals surface area contributed by atoms with E-state index in [0.29, 0.717) is 18.9 Å². The fraction of sp³-hybridized carbons (Fsp3) is 0.632. The quantitative estimate of drug-likeness (QED) is 0.531. The van der Waals surface area contributed by atoms with Gasteiger partial charge in [0.05, 0.1) is 5.75 Å². The van der Waals surface area contributed by atoms with Gasteiger partial charge in [0.25, 0.3) is 0 Å². The Bertz CT molecular complexity index is 680. The molecular weight excluding hydrogens is 348 g/mol. The molecule has 1 saturated heterocycles. The lowest BCUT2D eigenvalue weighted by atomic mass is 10.1. The van der Waals surface area contributed by atoms with Gasteiger partial charge in [0.1, 0.15) is 9.84 Å². The van der Waals surface area contributed by atoms with Crippen molar-refractivity contribution < 1.29 is 8.42 Å². The van der Waals surface area contributed by atoms with Crippen molar-refractivity contribution in [2.75, 3.05) is 32.1 Å². The number of hydrogen-bond acceptors (Lipinski definition) is 4. The maximum absolute atomic E-state index is 11.3. The molecule has 0 bridgehead atoms. The number of hydrogen-bond donors (Lipinski definition) is 2. The first-order valence-electron chi connectivity index (χ1n) is 9.31. The van der Waals surface area contributed by atoms with E-state index in [1.54, 1.807) is 7.05 Å². The molecule has 1 heterocycles. The molecule has 0 amide bonds. The van der Waals surface area contributed by atoms with Crippen LogP contribution in [0, 0.1) is 0 Å². The van der Waals surface area contributed by atoms with Gasteiger partial charge in [-0.3, -0.25) is 9.89 Å². The molecule has 1 fully saturated rings. The van der Waals surface area contributed by atoms with Gasteiger partial charge in [-0.15, -0.1) is 0 Å². The van der Waals surface area contributed by atoms with Crippen LogP contribution in [0.2, 0.25) is 0 Å². The highest BCUT2D eigenvalue weighted by molar-refractivity contribution is 7.90. The zero-order valence-corrected chi connectivity index (χ0v) is 17.0. The summed E-state index contributed by atoms with van der Waals surface area (Å²) >= 11 is 0. The van der Waals surface area contributed by atoms with Gasteiger partial charge in [-0.1, -0.05) is 24.3 Å². The van der Waals surface area contributed by atoms with Gasteiger partial charge in [0, 0.05) is 32.4 Å². The molecule has 2 N–H and O–H groups in total. The van der Waals surface area contributed by atoms with Crippen molar-refractivity contribution in [2.45, 2.75) is 45.3 Å². The molecule has 146 valence electrons. The van der Waals surface area contributed by atoms with Gasteiger partial charge in [0.15, 0.2) is 5.96 Å². The van der Waals surface area contributed by atoms with Crippen molar-refractivity contribution in [2.24, 2.45) is 4.99 Å². The third-order valence-corrected chi connectivity index (χ3v) is 5.59. The average molecular weight is 381 g/mol. The van der Waals surface area contributed by atoms with Gasteiger partial charge < -0.3 is 10.6 Å². The predicted molar refractivity (Wildman–Crippen MR) is 108 cm³/mol. The molecule has 1 aromatic rings. The summed E-state index contributed by atoms with van der Waals surface area (Å²) in [4.78, 5) is 6.71. The Morgan fingerprint density at radius 1 is 1.19 bits per heavy atom. The minimum atomic E-state index is -2.93. The smallest absolute Gasteiger partial charge is 0.191 e. The van der Waals surface area contributed by atoms with Crippen molar-refractivity contribution in [3.05, 3.63) is 35.4 Å². The van der Waals surface area contributed by atoms with Crippen LogP contribution in [-0.4, -0.2) is 57.5 Å². The van der Waals surface area contributed by atoms with E-state index in [2.05, 4.69) is 44.8 Å². The maximum Gasteiger partial charge on any atom is 0.191 e. The zero-order valence-electron chi connectivity index (χ0n) is 16.2. The second kappa shape index (κ2) is 9.92. The minimum absolute atomic E-state index is 0.0405. The number of guanidine groups is 1. The molecule has 6 nitrogen and oxygen atoms in total. The summed E-state index contributed by atoms with van der Waals surface area (Å²) in [5, 5.41) is 6.52. The fourth-order valence-electron chi connectivity index (χ4n) is 3.04. The molecule has 1 aliphatic heterocycles. The van der Waals surface area contributed by atoms with E-state index in [0.717, 1.165) is 6.54 Å². The number of nitrogens with one attached hydrogen (secondary N) is 2. The van der Waals surface area contributed by atoms with Crippen molar-refractivity contribution in [1.29, 1.82) is 0 Å². The first-order valence-corrected chi connectivity index (χ1v) is 11.4. The highest BCUT2D eigenvalue weighted by Gasteiger charge is 2.12. The molecule has 2 rings (SSSR count). The maximum atomic E-state index is 11.3. The van der Waals surface area contributed by atoms with Crippen molar-refractivity contribution in [1.82, 2.24) is 15.5 Å². The summed E-state index contributed by atoms with van der Waals surface area (Å²) in [7, 11) is -1.21. The Hall–Kier alpha value is -1.60.